The van der Waals surface area contributed by atoms with Crippen LogP contribution in [-0.2, 0) is 0 Å². The highest BCUT2D eigenvalue weighted by Crippen LogP contribution is 2.20. The summed E-state index contributed by atoms with van der Waals surface area (Å²) in [5, 5.41) is 3.57. The van der Waals surface area contributed by atoms with Crippen LogP contribution >= 0.6 is 27.5 Å². The summed E-state index contributed by atoms with van der Waals surface area (Å²) in [7, 11) is 0. The summed E-state index contributed by atoms with van der Waals surface area (Å²) >= 11 is 9.17. The molecule has 1 fully saturated rings. The summed E-state index contributed by atoms with van der Waals surface area (Å²) in [6.07, 6.45) is 4.29. The molecule has 0 bridgehead atoms. The Hall–Kier alpha value is -0.390. The Kier molecular flexibility index (Phi) is 4.59. The van der Waals surface area contributed by atoms with Crippen LogP contribution in [0.15, 0.2) is 10.7 Å². The molecule has 1 aliphatic rings. The first-order valence-corrected chi connectivity index (χ1v) is 7.00. The van der Waals surface area contributed by atoms with Gasteiger partial charge in [0.2, 0.25) is 5.28 Å². The lowest BCUT2D eigenvalue weighted by atomic mass is 10.3. The monoisotopic (exact) mass is 318 g/mol. The van der Waals surface area contributed by atoms with Crippen LogP contribution in [0.25, 0.3) is 0 Å². The molecule has 17 heavy (non-hydrogen) atoms. The van der Waals surface area contributed by atoms with Crippen molar-refractivity contribution in [3.8, 4) is 0 Å². The number of aromatic nitrogens is 2. The standard InChI is InChI=1S/C11H16BrClN4/c1-8(17-4-2-3-5-17)6-14-10-9(12)7-15-11(13)16-10/h7-8H,2-6H2,1H3,(H,14,15,16). The second-order valence-electron chi connectivity index (χ2n) is 4.31. The topological polar surface area (TPSA) is 41.1 Å². The van der Waals surface area contributed by atoms with E-state index in [1.165, 1.54) is 25.9 Å². The van der Waals surface area contributed by atoms with Gasteiger partial charge in [-0.15, -0.1) is 0 Å². The zero-order valence-corrected chi connectivity index (χ0v) is 12.1. The van der Waals surface area contributed by atoms with Crippen LogP contribution in [0.3, 0.4) is 0 Å². The van der Waals surface area contributed by atoms with Gasteiger partial charge in [0.25, 0.3) is 0 Å². The normalized spacial score (nSPS) is 18.3. The largest absolute Gasteiger partial charge is 0.367 e. The molecule has 94 valence electrons. The SMILES string of the molecule is CC(CNc1nc(Cl)ncc1Br)N1CCCC1. The van der Waals surface area contributed by atoms with Crippen molar-refractivity contribution in [3.63, 3.8) is 0 Å². The Bertz CT molecular complexity index is 382. The second kappa shape index (κ2) is 5.98. The number of halogens is 2. The molecular formula is C11H16BrClN4. The van der Waals surface area contributed by atoms with Crippen molar-refractivity contribution < 1.29 is 0 Å². The van der Waals surface area contributed by atoms with E-state index in [1.54, 1.807) is 6.20 Å². The number of hydrogen-bond acceptors (Lipinski definition) is 4. The molecule has 6 heteroatoms. The lowest BCUT2D eigenvalue weighted by Gasteiger charge is -2.24. The summed E-state index contributed by atoms with van der Waals surface area (Å²) in [6, 6.07) is 0.512. The van der Waals surface area contributed by atoms with Crippen LogP contribution in [0.1, 0.15) is 19.8 Å². The molecule has 0 amide bonds. The molecule has 1 unspecified atom stereocenters. The molecular weight excluding hydrogens is 304 g/mol. The minimum atomic E-state index is 0.268. The number of likely N-dealkylation sites (tertiary alicyclic amines) is 1. The second-order valence-corrected chi connectivity index (χ2v) is 5.50. The highest BCUT2D eigenvalue weighted by Gasteiger charge is 2.18. The van der Waals surface area contributed by atoms with Gasteiger partial charge in [-0.2, -0.15) is 4.98 Å². The summed E-state index contributed by atoms with van der Waals surface area (Å²) in [4.78, 5) is 10.5. The Morgan fingerprint density at radius 2 is 2.24 bits per heavy atom. The third-order valence-corrected chi connectivity index (χ3v) is 3.81. The average Bonchev–Trinajstić information content (AvgIpc) is 2.83. The smallest absolute Gasteiger partial charge is 0.224 e. The maximum atomic E-state index is 5.77. The first-order valence-electron chi connectivity index (χ1n) is 5.83. The average molecular weight is 320 g/mol. The molecule has 0 radical (unpaired) electrons. The van der Waals surface area contributed by atoms with Crippen LogP contribution in [0.4, 0.5) is 5.82 Å². The fourth-order valence-electron chi connectivity index (χ4n) is 2.03. The van der Waals surface area contributed by atoms with Gasteiger partial charge in [0.05, 0.1) is 4.47 Å². The van der Waals surface area contributed by atoms with E-state index in [-0.39, 0.29) is 5.28 Å². The quantitative estimate of drug-likeness (QED) is 0.867. The van der Waals surface area contributed by atoms with E-state index in [0.29, 0.717) is 6.04 Å². The molecule has 0 aliphatic carbocycles. The predicted octanol–water partition coefficient (Wildman–Crippen LogP) is 2.79. The molecule has 1 atom stereocenters. The number of nitrogens with one attached hydrogen (secondary N) is 1. The molecule has 1 N–H and O–H groups in total. The number of nitrogens with zero attached hydrogens (tertiary/aromatic N) is 3. The van der Waals surface area contributed by atoms with E-state index in [2.05, 4.69) is 43.0 Å². The van der Waals surface area contributed by atoms with E-state index in [4.69, 9.17) is 11.6 Å². The number of anilines is 1. The van der Waals surface area contributed by atoms with Gasteiger partial charge in [-0.25, -0.2) is 4.98 Å². The molecule has 0 spiro atoms. The van der Waals surface area contributed by atoms with Gasteiger partial charge >= 0.3 is 0 Å². The summed E-state index contributed by atoms with van der Waals surface area (Å²) in [5.41, 5.74) is 0. The summed E-state index contributed by atoms with van der Waals surface area (Å²) in [6.45, 7) is 5.50. The van der Waals surface area contributed by atoms with Gasteiger partial charge in [-0.05, 0) is 60.4 Å². The first kappa shape index (κ1) is 13.1. The zero-order chi connectivity index (χ0) is 12.3. The molecule has 1 aliphatic heterocycles. The summed E-state index contributed by atoms with van der Waals surface area (Å²) in [5.74, 6) is 0.760. The third-order valence-electron chi connectivity index (χ3n) is 3.04. The van der Waals surface area contributed by atoms with Crippen LogP contribution in [0.5, 0.6) is 0 Å². The van der Waals surface area contributed by atoms with Crippen LogP contribution in [0.2, 0.25) is 5.28 Å². The number of hydrogen-bond donors (Lipinski definition) is 1. The molecule has 0 aromatic carbocycles. The van der Waals surface area contributed by atoms with Gasteiger partial charge in [-0.1, -0.05) is 0 Å². The number of rotatable bonds is 4. The molecule has 2 rings (SSSR count). The Labute approximate surface area is 115 Å². The van der Waals surface area contributed by atoms with Gasteiger partial charge in [0.15, 0.2) is 0 Å². The maximum Gasteiger partial charge on any atom is 0.224 e. The van der Waals surface area contributed by atoms with Crippen molar-refractivity contribution in [3.05, 3.63) is 16.0 Å². The van der Waals surface area contributed by atoms with Gasteiger partial charge in [0.1, 0.15) is 5.82 Å². The molecule has 1 aromatic rings. The zero-order valence-electron chi connectivity index (χ0n) is 9.79. The highest BCUT2D eigenvalue weighted by molar-refractivity contribution is 9.10. The first-order chi connectivity index (χ1) is 8.16. The van der Waals surface area contributed by atoms with Gasteiger partial charge < -0.3 is 5.32 Å². The molecule has 1 aromatic heterocycles. The molecule has 0 saturated carbocycles. The Morgan fingerprint density at radius 3 is 2.94 bits per heavy atom. The lowest BCUT2D eigenvalue weighted by Crippen LogP contribution is -2.35. The van der Waals surface area contributed by atoms with E-state index in [1.807, 2.05) is 0 Å². The third kappa shape index (κ3) is 3.53. The van der Waals surface area contributed by atoms with Crippen molar-refractivity contribution in [1.29, 1.82) is 0 Å². The Morgan fingerprint density at radius 1 is 1.53 bits per heavy atom. The predicted molar refractivity (Wildman–Crippen MR) is 73.5 cm³/mol. The molecule has 1 saturated heterocycles. The van der Waals surface area contributed by atoms with Gasteiger partial charge in [-0.3, -0.25) is 4.90 Å². The van der Waals surface area contributed by atoms with Crippen molar-refractivity contribution >= 4 is 33.3 Å². The lowest BCUT2D eigenvalue weighted by molar-refractivity contribution is 0.269. The van der Waals surface area contributed by atoms with Crippen LogP contribution in [0, 0.1) is 0 Å². The van der Waals surface area contributed by atoms with Crippen LogP contribution < -0.4 is 5.32 Å². The molecule has 2 heterocycles. The molecule has 4 nitrogen and oxygen atoms in total. The summed E-state index contributed by atoms with van der Waals surface area (Å²) < 4.78 is 0.843. The van der Waals surface area contributed by atoms with Crippen molar-refractivity contribution in [2.45, 2.75) is 25.8 Å². The van der Waals surface area contributed by atoms with E-state index < -0.39 is 0 Å². The van der Waals surface area contributed by atoms with Crippen molar-refractivity contribution in [2.75, 3.05) is 25.0 Å². The van der Waals surface area contributed by atoms with Gasteiger partial charge in [0, 0.05) is 18.8 Å². The van der Waals surface area contributed by atoms with Crippen molar-refractivity contribution in [1.82, 2.24) is 14.9 Å². The highest BCUT2D eigenvalue weighted by atomic mass is 79.9. The minimum Gasteiger partial charge on any atom is -0.367 e. The van der Waals surface area contributed by atoms with Crippen molar-refractivity contribution in [2.24, 2.45) is 0 Å². The van der Waals surface area contributed by atoms with E-state index >= 15 is 0 Å². The Balaban J connectivity index is 1.90. The minimum absolute atomic E-state index is 0.268. The fourth-order valence-corrected chi connectivity index (χ4v) is 2.49. The maximum absolute atomic E-state index is 5.77. The van der Waals surface area contributed by atoms with E-state index in [9.17, 15) is 0 Å². The van der Waals surface area contributed by atoms with E-state index in [0.717, 1.165) is 16.8 Å². The fraction of sp³-hybridized carbons (Fsp3) is 0.636. The van der Waals surface area contributed by atoms with Crippen LogP contribution in [-0.4, -0.2) is 40.5 Å².